The van der Waals surface area contributed by atoms with E-state index in [9.17, 15) is 4.79 Å². The van der Waals surface area contributed by atoms with Crippen LogP contribution in [0.3, 0.4) is 0 Å². The molecule has 4 aromatic rings. The number of carbonyl (C=O) groups is 1. The Bertz CT molecular complexity index is 1380. The smallest absolute Gasteiger partial charge is 0.251 e. The number of fused-ring (bicyclic) bond motifs is 4. The van der Waals surface area contributed by atoms with Gasteiger partial charge >= 0.3 is 0 Å². The summed E-state index contributed by atoms with van der Waals surface area (Å²) in [4.78, 5) is 13.0. The van der Waals surface area contributed by atoms with Gasteiger partial charge < -0.3 is 5.32 Å². The van der Waals surface area contributed by atoms with E-state index in [2.05, 4.69) is 98.0 Å². The van der Waals surface area contributed by atoms with Gasteiger partial charge in [-0.3, -0.25) is 4.79 Å². The molecule has 1 fully saturated rings. The van der Waals surface area contributed by atoms with Crippen LogP contribution in [0.25, 0.3) is 21.9 Å². The van der Waals surface area contributed by atoms with Crippen molar-refractivity contribution in [2.45, 2.75) is 52.0 Å². The summed E-state index contributed by atoms with van der Waals surface area (Å²) < 4.78 is 0. The molecule has 0 spiro atoms. The second-order valence-electron chi connectivity index (χ2n) is 10.6. The number of allylic oxidation sites excluding steroid dienone is 2. The third-order valence-electron chi connectivity index (χ3n) is 7.98. The third-order valence-corrected chi connectivity index (χ3v) is 7.98. The number of nitrogens with one attached hydrogen (secondary N) is 1. The van der Waals surface area contributed by atoms with Crippen LogP contribution in [0, 0.1) is 11.8 Å². The first-order valence-electron chi connectivity index (χ1n) is 13.7. The van der Waals surface area contributed by atoms with E-state index in [-0.39, 0.29) is 13.4 Å². The summed E-state index contributed by atoms with van der Waals surface area (Å²) in [7, 11) is 0. The largest absolute Gasteiger partial charge is 0.349 e. The van der Waals surface area contributed by atoms with Gasteiger partial charge in [0.1, 0.15) is 0 Å². The molecule has 190 valence electrons. The van der Waals surface area contributed by atoms with Gasteiger partial charge in [-0.1, -0.05) is 97.4 Å². The van der Waals surface area contributed by atoms with E-state index in [1.54, 1.807) is 0 Å². The normalized spacial score (nSPS) is 20.4. The van der Waals surface area contributed by atoms with Crippen molar-refractivity contribution in [3.05, 3.63) is 120 Å². The molecule has 2 heteroatoms. The first-order chi connectivity index (χ1) is 18.1. The Labute approximate surface area is 222 Å². The lowest BCUT2D eigenvalue weighted by atomic mass is 9.85. The van der Waals surface area contributed by atoms with Gasteiger partial charge in [0.15, 0.2) is 0 Å². The van der Waals surface area contributed by atoms with E-state index in [0.29, 0.717) is 11.8 Å². The number of benzene rings is 4. The first kappa shape index (κ1) is 25.0. The van der Waals surface area contributed by atoms with Gasteiger partial charge in [0.05, 0.1) is 0 Å². The Kier molecular flexibility index (Phi) is 7.84. The maximum Gasteiger partial charge on any atom is 0.251 e. The number of hydrogen-bond donors (Lipinski definition) is 1. The SMILES string of the molecule is CC1=C[C@@H]2CC[C@H]1C[C@H](NC(=O)c1ccc3ccc(-c4ccccc4)cc3c1)C2.CCc1ccccc1.[HH]. The average molecular weight is 490 g/mol. The van der Waals surface area contributed by atoms with E-state index in [1.165, 1.54) is 35.1 Å². The van der Waals surface area contributed by atoms with Crippen LogP contribution in [0.5, 0.6) is 0 Å². The molecule has 0 heterocycles. The lowest BCUT2D eigenvalue weighted by Crippen LogP contribution is -2.35. The lowest BCUT2D eigenvalue weighted by molar-refractivity contribution is 0.0931. The molecule has 7 rings (SSSR count). The highest BCUT2D eigenvalue weighted by Gasteiger charge is 2.31. The molecular weight excluding hydrogens is 450 g/mol. The van der Waals surface area contributed by atoms with Crippen molar-refractivity contribution in [3.63, 3.8) is 0 Å². The summed E-state index contributed by atoms with van der Waals surface area (Å²) in [5.41, 5.74) is 6.06. The molecule has 0 radical (unpaired) electrons. The summed E-state index contributed by atoms with van der Waals surface area (Å²) in [5.74, 6) is 1.33. The number of aryl methyl sites for hydroxylation is 1. The molecule has 2 nitrogen and oxygen atoms in total. The first-order valence-corrected chi connectivity index (χ1v) is 13.7. The standard InChI is InChI=1S/C27H27NO.C8H10.H2/c1-18-13-19-7-8-22(18)17-26(14-19)28-27(29)24-12-10-21-9-11-23(15-25(21)16-24)20-5-3-2-4-6-20;1-2-8-6-4-3-5-7-8;/h2-6,9-13,15-16,19,22,26H,7-8,14,17H2,1H3,(H,28,29);3-7H,2H2,1H3;1H/t19-,22-,26+;;/m0../s1. The number of carbonyl (C=O) groups excluding carboxylic acids is 1. The molecule has 4 aromatic carbocycles. The third kappa shape index (κ3) is 6.20. The average Bonchev–Trinajstić information content (AvgIpc) is 3.23. The van der Waals surface area contributed by atoms with E-state index >= 15 is 0 Å². The van der Waals surface area contributed by atoms with Gasteiger partial charge in [0.25, 0.3) is 5.91 Å². The summed E-state index contributed by atoms with van der Waals surface area (Å²) in [6, 6.07) is 33.6. The fraction of sp³-hybridized carbons (Fsp3) is 0.286. The Morgan fingerprint density at radius 2 is 1.54 bits per heavy atom. The van der Waals surface area contributed by atoms with E-state index < -0.39 is 0 Å². The van der Waals surface area contributed by atoms with Crippen LogP contribution in [0.4, 0.5) is 0 Å². The zero-order valence-corrected chi connectivity index (χ0v) is 22.0. The summed E-state index contributed by atoms with van der Waals surface area (Å²) in [6.07, 6.45) is 8.29. The van der Waals surface area contributed by atoms with Gasteiger partial charge in [-0.15, -0.1) is 0 Å². The van der Waals surface area contributed by atoms with Crippen LogP contribution in [-0.2, 0) is 6.42 Å². The summed E-state index contributed by atoms with van der Waals surface area (Å²) in [6.45, 7) is 4.42. The van der Waals surface area contributed by atoms with Crippen molar-refractivity contribution in [1.29, 1.82) is 0 Å². The van der Waals surface area contributed by atoms with Crippen LogP contribution < -0.4 is 5.32 Å². The van der Waals surface area contributed by atoms with Gasteiger partial charge in [0.2, 0.25) is 0 Å². The number of amides is 1. The Balaban J connectivity index is 0.000000323. The molecule has 3 aliphatic rings. The minimum absolute atomic E-state index is 0. The van der Waals surface area contributed by atoms with Crippen LogP contribution >= 0.6 is 0 Å². The zero-order chi connectivity index (χ0) is 25.6. The highest BCUT2D eigenvalue weighted by atomic mass is 16.1. The fourth-order valence-electron chi connectivity index (χ4n) is 5.83. The lowest BCUT2D eigenvalue weighted by Gasteiger charge is -2.21. The van der Waals surface area contributed by atoms with Crippen molar-refractivity contribution >= 4 is 16.7 Å². The van der Waals surface area contributed by atoms with E-state index in [4.69, 9.17) is 0 Å². The topological polar surface area (TPSA) is 29.1 Å². The maximum absolute atomic E-state index is 13.0. The molecular formula is C35H39NO. The molecule has 1 N–H and O–H groups in total. The highest BCUT2D eigenvalue weighted by molar-refractivity contribution is 5.99. The van der Waals surface area contributed by atoms with Crippen LogP contribution in [0.1, 0.15) is 56.9 Å². The Morgan fingerprint density at radius 3 is 2.24 bits per heavy atom. The molecule has 3 atom stereocenters. The van der Waals surface area contributed by atoms with E-state index in [0.717, 1.165) is 35.6 Å². The van der Waals surface area contributed by atoms with Crippen molar-refractivity contribution in [3.8, 4) is 11.1 Å². The van der Waals surface area contributed by atoms with Crippen molar-refractivity contribution in [2.24, 2.45) is 11.8 Å². The number of rotatable bonds is 4. The van der Waals surface area contributed by atoms with Crippen LogP contribution in [0.15, 0.2) is 109 Å². The molecule has 37 heavy (non-hydrogen) atoms. The van der Waals surface area contributed by atoms with Crippen LogP contribution in [-0.4, -0.2) is 11.9 Å². The highest BCUT2D eigenvalue weighted by Crippen LogP contribution is 2.38. The molecule has 1 amide bonds. The predicted octanol–water partition coefficient (Wildman–Crippen LogP) is 8.87. The van der Waals surface area contributed by atoms with Gasteiger partial charge in [0, 0.05) is 13.0 Å². The maximum atomic E-state index is 13.0. The monoisotopic (exact) mass is 489 g/mol. The molecule has 0 aliphatic heterocycles. The Hall–Kier alpha value is -3.65. The molecule has 2 bridgehead atoms. The molecule has 0 unspecified atom stereocenters. The minimum Gasteiger partial charge on any atom is -0.349 e. The fourth-order valence-corrected chi connectivity index (χ4v) is 5.83. The van der Waals surface area contributed by atoms with E-state index in [1.807, 2.05) is 24.3 Å². The van der Waals surface area contributed by atoms with Crippen molar-refractivity contribution in [1.82, 2.24) is 5.32 Å². The predicted molar refractivity (Wildman–Crippen MR) is 158 cm³/mol. The van der Waals surface area contributed by atoms with Crippen LogP contribution in [0.2, 0.25) is 0 Å². The van der Waals surface area contributed by atoms with Crippen molar-refractivity contribution < 1.29 is 6.22 Å². The van der Waals surface area contributed by atoms with Gasteiger partial charge in [-0.05, 0) is 96.5 Å². The second-order valence-corrected chi connectivity index (χ2v) is 10.6. The van der Waals surface area contributed by atoms with Gasteiger partial charge in [-0.2, -0.15) is 0 Å². The minimum atomic E-state index is 0. The summed E-state index contributed by atoms with van der Waals surface area (Å²) >= 11 is 0. The molecule has 1 saturated carbocycles. The quantitative estimate of drug-likeness (QED) is 0.285. The zero-order valence-electron chi connectivity index (χ0n) is 22.0. The molecule has 0 saturated heterocycles. The number of hydrogen-bond acceptors (Lipinski definition) is 1. The second kappa shape index (κ2) is 11.6. The molecule has 3 aliphatic carbocycles. The Morgan fingerprint density at radius 1 is 0.811 bits per heavy atom. The molecule has 0 aromatic heterocycles. The van der Waals surface area contributed by atoms with Crippen molar-refractivity contribution in [2.75, 3.05) is 0 Å². The summed E-state index contributed by atoms with van der Waals surface area (Å²) in [5, 5.41) is 5.60. The van der Waals surface area contributed by atoms with Gasteiger partial charge in [-0.25, -0.2) is 0 Å².